The van der Waals surface area contributed by atoms with E-state index in [-0.39, 0.29) is 11.9 Å². The van der Waals surface area contributed by atoms with Crippen molar-refractivity contribution in [3.05, 3.63) is 57.8 Å². The van der Waals surface area contributed by atoms with Gasteiger partial charge in [-0.2, -0.15) is 0 Å². The molecule has 0 saturated heterocycles. The van der Waals surface area contributed by atoms with Crippen molar-refractivity contribution in [3.63, 3.8) is 0 Å². The summed E-state index contributed by atoms with van der Waals surface area (Å²) >= 11 is 3.49. The SMILES string of the molecule is Cc1ccc(C(C)Nc2cc(Br)ccc2N(C)C)cc1F. The quantitative estimate of drug-likeness (QED) is 0.821. The van der Waals surface area contributed by atoms with Crippen molar-refractivity contribution in [1.29, 1.82) is 0 Å². The number of aryl methyl sites for hydroxylation is 1. The van der Waals surface area contributed by atoms with Gasteiger partial charge in [-0.3, -0.25) is 0 Å². The number of hydrogen-bond acceptors (Lipinski definition) is 2. The summed E-state index contributed by atoms with van der Waals surface area (Å²) in [5.74, 6) is -0.164. The van der Waals surface area contributed by atoms with Gasteiger partial charge in [-0.25, -0.2) is 4.39 Å². The molecule has 0 bridgehead atoms. The Morgan fingerprint density at radius 1 is 1.14 bits per heavy atom. The Kier molecular flexibility index (Phi) is 4.88. The lowest BCUT2D eigenvalue weighted by Crippen LogP contribution is -2.14. The van der Waals surface area contributed by atoms with Gasteiger partial charge in [0.05, 0.1) is 11.4 Å². The van der Waals surface area contributed by atoms with Crippen LogP contribution in [-0.4, -0.2) is 14.1 Å². The second-order valence-electron chi connectivity index (χ2n) is 5.43. The average Bonchev–Trinajstić information content (AvgIpc) is 2.41. The highest BCUT2D eigenvalue weighted by Gasteiger charge is 2.11. The summed E-state index contributed by atoms with van der Waals surface area (Å²) < 4.78 is 14.7. The molecule has 2 nitrogen and oxygen atoms in total. The van der Waals surface area contributed by atoms with Gasteiger partial charge in [0.15, 0.2) is 0 Å². The van der Waals surface area contributed by atoms with Crippen molar-refractivity contribution in [2.75, 3.05) is 24.3 Å². The molecule has 4 heteroatoms. The molecule has 2 rings (SSSR count). The van der Waals surface area contributed by atoms with Gasteiger partial charge < -0.3 is 10.2 Å². The zero-order valence-corrected chi connectivity index (χ0v) is 14.3. The van der Waals surface area contributed by atoms with Crippen LogP contribution in [0.4, 0.5) is 15.8 Å². The zero-order valence-electron chi connectivity index (χ0n) is 12.7. The first-order valence-electron chi connectivity index (χ1n) is 6.88. The molecule has 21 heavy (non-hydrogen) atoms. The average molecular weight is 351 g/mol. The number of rotatable bonds is 4. The second-order valence-corrected chi connectivity index (χ2v) is 6.35. The van der Waals surface area contributed by atoms with Crippen LogP contribution in [0.2, 0.25) is 0 Å². The van der Waals surface area contributed by atoms with E-state index in [9.17, 15) is 4.39 Å². The van der Waals surface area contributed by atoms with E-state index in [0.29, 0.717) is 5.56 Å². The highest BCUT2D eigenvalue weighted by atomic mass is 79.9. The van der Waals surface area contributed by atoms with Crippen LogP contribution in [0.5, 0.6) is 0 Å². The summed E-state index contributed by atoms with van der Waals surface area (Å²) in [4.78, 5) is 2.05. The third-order valence-corrected chi connectivity index (χ3v) is 4.00. The van der Waals surface area contributed by atoms with E-state index in [1.54, 1.807) is 13.0 Å². The Balaban J connectivity index is 2.28. The first-order valence-corrected chi connectivity index (χ1v) is 7.67. The molecule has 1 unspecified atom stereocenters. The van der Waals surface area contributed by atoms with Crippen LogP contribution in [0.25, 0.3) is 0 Å². The summed E-state index contributed by atoms with van der Waals surface area (Å²) in [6, 6.07) is 11.5. The minimum atomic E-state index is -0.164. The summed E-state index contributed by atoms with van der Waals surface area (Å²) in [7, 11) is 4.01. The number of anilines is 2. The van der Waals surface area contributed by atoms with Gasteiger partial charge in [-0.15, -0.1) is 0 Å². The predicted molar refractivity (Wildman–Crippen MR) is 91.6 cm³/mol. The first-order chi connectivity index (χ1) is 9.88. The standard InChI is InChI=1S/C17H20BrFN2/c1-11-5-6-13(9-15(11)19)12(2)20-16-10-14(18)7-8-17(16)21(3)4/h5-10,12,20H,1-4H3. The van der Waals surface area contributed by atoms with Crippen LogP contribution >= 0.6 is 15.9 Å². The lowest BCUT2D eigenvalue weighted by atomic mass is 10.1. The highest BCUT2D eigenvalue weighted by molar-refractivity contribution is 9.10. The van der Waals surface area contributed by atoms with Gasteiger partial charge >= 0.3 is 0 Å². The van der Waals surface area contributed by atoms with Gasteiger partial charge in [0.2, 0.25) is 0 Å². The molecule has 0 aliphatic heterocycles. The molecule has 0 fully saturated rings. The molecule has 0 heterocycles. The van der Waals surface area contributed by atoms with E-state index in [1.165, 1.54) is 0 Å². The summed E-state index contributed by atoms with van der Waals surface area (Å²) in [5.41, 5.74) is 3.71. The fraction of sp³-hybridized carbons (Fsp3) is 0.294. The third kappa shape index (κ3) is 3.76. The van der Waals surface area contributed by atoms with Gasteiger partial charge in [-0.1, -0.05) is 28.1 Å². The van der Waals surface area contributed by atoms with Crippen LogP contribution in [0.3, 0.4) is 0 Å². The molecular weight excluding hydrogens is 331 g/mol. The van der Waals surface area contributed by atoms with Crippen molar-refractivity contribution in [1.82, 2.24) is 0 Å². The van der Waals surface area contributed by atoms with Crippen LogP contribution in [-0.2, 0) is 0 Å². The van der Waals surface area contributed by atoms with Gasteiger partial charge in [0, 0.05) is 24.6 Å². The Bertz CT molecular complexity index is 641. The number of hydrogen-bond donors (Lipinski definition) is 1. The zero-order chi connectivity index (χ0) is 15.6. The molecule has 0 amide bonds. The molecule has 1 N–H and O–H groups in total. The maximum atomic E-state index is 13.7. The predicted octanol–water partition coefficient (Wildman–Crippen LogP) is 5.14. The molecule has 2 aromatic carbocycles. The Morgan fingerprint density at radius 3 is 2.48 bits per heavy atom. The molecule has 0 radical (unpaired) electrons. The molecule has 0 saturated carbocycles. The minimum absolute atomic E-state index is 0.0214. The number of nitrogens with zero attached hydrogens (tertiary/aromatic N) is 1. The normalized spacial score (nSPS) is 12.1. The van der Waals surface area contributed by atoms with Crippen LogP contribution < -0.4 is 10.2 Å². The van der Waals surface area contributed by atoms with E-state index in [1.807, 2.05) is 45.3 Å². The van der Waals surface area contributed by atoms with Crippen molar-refractivity contribution < 1.29 is 4.39 Å². The lowest BCUT2D eigenvalue weighted by molar-refractivity contribution is 0.614. The molecule has 0 aliphatic rings. The highest BCUT2D eigenvalue weighted by Crippen LogP contribution is 2.31. The number of halogens is 2. The molecule has 1 atom stereocenters. The van der Waals surface area contributed by atoms with Crippen LogP contribution in [0, 0.1) is 12.7 Å². The topological polar surface area (TPSA) is 15.3 Å². The van der Waals surface area contributed by atoms with Gasteiger partial charge in [-0.05, 0) is 49.2 Å². The minimum Gasteiger partial charge on any atom is -0.377 e. The molecule has 0 aromatic heterocycles. The molecule has 0 spiro atoms. The maximum Gasteiger partial charge on any atom is 0.126 e. The van der Waals surface area contributed by atoms with Crippen molar-refractivity contribution in [2.24, 2.45) is 0 Å². The van der Waals surface area contributed by atoms with E-state index in [2.05, 4.69) is 32.2 Å². The summed E-state index contributed by atoms with van der Waals surface area (Å²) in [6.45, 7) is 3.81. The van der Waals surface area contributed by atoms with Gasteiger partial charge in [0.1, 0.15) is 5.82 Å². The fourth-order valence-electron chi connectivity index (χ4n) is 2.21. The van der Waals surface area contributed by atoms with E-state index < -0.39 is 0 Å². The summed E-state index contributed by atoms with van der Waals surface area (Å²) in [6.07, 6.45) is 0. The summed E-state index contributed by atoms with van der Waals surface area (Å²) in [5, 5.41) is 3.46. The van der Waals surface area contributed by atoms with Gasteiger partial charge in [0.25, 0.3) is 0 Å². The number of benzene rings is 2. The third-order valence-electron chi connectivity index (χ3n) is 3.51. The van der Waals surface area contributed by atoms with E-state index in [4.69, 9.17) is 0 Å². The van der Waals surface area contributed by atoms with E-state index >= 15 is 0 Å². The number of nitrogens with one attached hydrogen (secondary N) is 1. The Morgan fingerprint density at radius 2 is 1.86 bits per heavy atom. The monoisotopic (exact) mass is 350 g/mol. The Hall–Kier alpha value is -1.55. The van der Waals surface area contributed by atoms with Crippen molar-refractivity contribution >= 4 is 27.3 Å². The van der Waals surface area contributed by atoms with Crippen molar-refractivity contribution in [3.8, 4) is 0 Å². The van der Waals surface area contributed by atoms with Crippen molar-refractivity contribution in [2.45, 2.75) is 19.9 Å². The fourth-order valence-corrected chi connectivity index (χ4v) is 2.57. The largest absolute Gasteiger partial charge is 0.377 e. The van der Waals surface area contributed by atoms with Crippen LogP contribution in [0.1, 0.15) is 24.1 Å². The first kappa shape index (κ1) is 15.8. The molecule has 2 aromatic rings. The van der Waals surface area contributed by atoms with Crippen LogP contribution in [0.15, 0.2) is 40.9 Å². The maximum absolute atomic E-state index is 13.7. The molecular formula is C17H20BrFN2. The van der Waals surface area contributed by atoms with E-state index in [0.717, 1.165) is 21.4 Å². The second kappa shape index (κ2) is 6.48. The molecule has 0 aliphatic carbocycles. The lowest BCUT2D eigenvalue weighted by Gasteiger charge is -2.22. The molecule has 112 valence electrons. The Labute approximate surface area is 134 Å². The smallest absolute Gasteiger partial charge is 0.126 e.